The van der Waals surface area contributed by atoms with Gasteiger partial charge in [-0.2, -0.15) is 25.3 Å². The molecule has 0 radical (unpaired) electrons. The predicted octanol–water partition coefficient (Wildman–Crippen LogP) is 9.95. The Hall–Kier alpha value is -2.75. The molecule has 0 saturated heterocycles. The zero-order valence-corrected chi connectivity index (χ0v) is 27.0. The summed E-state index contributed by atoms with van der Waals surface area (Å²) in [5, 5.41) is 0. The molecule has 0 spiro atoms. The van der Waals surface area contributed by atoms with Gasteiger partial charge in [0, 0.05) is 24.7 Å². The molecule has 0 aliphatic rings. The van der Waals surface area contributed by atoms with Crippen molar-refractivity contribution in [3.8, 4) is 11.5 Å². The minimum atomic E-state index is -0.482. The first-order valence-corrected chi connectivity index (χ1v) is 16.5. The molecule has 0 fully saturated rings. The fraction of sp³-hybridized carbons (Fsp3) is 0.541. The van der Waals surface area contributed by atoms with Crippen LogP contribution < -0.4 is 14.0 Å². The van der Waals surface area contributed by atoms with Crippen molar-refractivity contribution < 1.29 is 14.0 Å². The second kappa shape index (κ2) is 21.0. The molecule has 0 unspecified atom stereocenters. The van der Waals surface area contributed by atoms with E-state index in [2.05, 4.69) is 104 Å². The normalized spacial score (nSPS) is 11.0. The van der Waals surface area contributed by atoms with Crippen LogP contribution in [0, 0.1) is 0 Å². The van der Waals surface area contributed by atoms with Crippen LogP contribution in [-0.4, -0.2) is 20.4 Å². The smallest absolute Gasteiger partial charge is 0.168 e. The number of nitrogens with zero attached hydrogens (tertiary/aromatic N) is 1. The van der Waals surface area contributed by atoms with Crippen LogP contribution in [0.25, 0.3) is 0 Å². The molecule has 1 heterocycles. The SMILES string of the molecule is CCCCCCCC[n+]1ccccc1.CCCC[B-](CCCC)(Cc1ccc(OC)cc1)Cc1ccc(OC)cc1. The molecule has 0 aliphatic carbocycles. The number of aryl methyl sites for hydroxylation is 1. The van der Waals surface area contributed by atoms with Gasteiger partial charge >= 0.3 is 0 Å². The van der Waals surface area contributed by atoms with Crippen molar-refractivity contribution in [3.05, 3.63) is 90.3 Å². The summed E-state index contributed by atoms with van der Waals surface area (Å²) in [5.41, 5.74) is 2.88. The van der Waals surface area contributed by atoms with Gasteiger partial charge in [-0.15, -0.1) is 0 Å². The first-order valence-electron chi connectivity index (χ1n) is 16.5. The molecule has 0 atom stereocenters. The van der Waals surface area contributed by atoms with Gasteiger partial charge in [0.25, 0.3) is 0 Å². The Morgan fingerprint density at radius 1 is 0.537 bits per heavy atom. The topological polar surface area (TPSA) is 22.3 Å². The molecule has 0 bridgehead atoms. The maximum Gasteiger partial charge on any atom is 0.168 e. The fourth-order valence-corrected chi connectivity index (χ4v) is 6.08. The molecule has 0 saturated carbocycles. The summed E-state index contributed by atoms with van der Waals surface area (Å²) in [7, 11) is 3.46. The largest absolute Gasteiger partial charge is 0.497 e. The van der Waals surface area contributed by atoms with E-state index in [0.717, 1.165) is 11.5 Å². The molecule has 3 aromatic rings. The highest BCUT2D eigenvalue weighted by atomic mass is 16.5. The molecule has 226 valence electrons. The van der Waals surface area contributed by atoms with E-state index < -0.39 is 6.15 Å². The summed E-state index contributed by atoms with van der Waals surface area (Å²) < 4.78 is 12.9. The van der Waals surface area contributed by atoms with Crippen molar-refractivity contribution in [2.75, 3.05) is 14.2 Å². The minimum Gasteiger partial charge on any atom is -0.497 e. The molecule has 0 aliphatic heterocycles. The summed E-state index contributed by atoms with van der Waals surface area (Å²) >= 11 is 0. The zero-order chi connectivity index (χ0) is 29.6. The summed E-state index contributed by atoms with van der Waals surface area (Å²) in [6.45, 7) is 8.05. The standard InChI is InChI=1S/C24H36BO2.C13H22N/c1-5-7-17-25(18-8-6-2,19-21-9-13-23(26-3)14-10-21)20-22-11-15-24(27-4)16-12-22;1-2-3-4-5-6-8-11-14-12-9-7-10-13-14/h9-16H,5-8,17-20H2,1-4H3;7,9-10,12-13H,2-6,8,11H2,1H3/q-1;+1. The Balaban J connectivity index is 0.000000353. The van der Waals surface area contributed by atoms with Gasteiger partial charge in [0.1, 0.15) is 18.0 Å². The van der Waals surface area contributed by atoms with Crippen LogP contribution in [0.2, 0.25) is 12.6 Å². The van der Waals surface area contributed by atoms with Crippen molar-refractivity contribution in [1.29, 1.82) is 0 Å². The minimum absolute atomic E-state index is 0.482. The number of hydrogen-bond donors (Lipinski definition) is 0. The maximum absolute atomic E-state index is 5.34. The number of benzene rings is 2. The van der Waals surface area contributed by atoms with Crippen LogP contribution in [0.3, 0.4) is 0 Å². The molecule has 1 aromatic heterocycles. The molecule has 0 N–H and O–H groups in total. The molecule has 2 aromatic carbocycles. The van der Waals surface area contributed by atoms with Crippen molar-refractivity contribution in [1.82, 2.24) is 0 Å². The Labute approximate surface area is 252 Å². The van der Waals surface area contributed by atoms with E-state index >= 15 is 0 Å². The number of rotatable bonds is 19. The fourth-order valence-electron chi connectivity index (χ4n) is 6.08. The quantitative estimate of drug-likeness (QED) is 0.0828. The molecular weight excluding hydrogens is 501 g/mol. The van der Waals surface area contributed by atoms with Crippen molar-refractivity contribution in [2.24, 2.45) is 0 Å². The molecule has 3 nitrogen and oxygen atoms in total. The first-order chi connectivity index (χ1) is 20.1. The van der Waals surface area contributed by atoms with E-state index in [0.29, 0.717) is 0 Å². The van der Waals surface area contributed by atoms with Gasteiger partial charge in [0.2, 0.25) is 0 Å². The van der Waals surface area contributed by atoms with E-state index in [-0.39, 0.29) is 0 Å². The second-order valence-corrected chi connectivity index (χ2v) is 12.0. The van der Waals surface area contributed by atoms with Crippen LogP contribution in [0.15, 0.2) is 79.1 Å². The lowest BCUT2D eigenvalue weighted by Gasteiger charge is -2.40. The molecule has 41 heavy (non-hydrogen) atoms. The van der Waals surface area contributed by atoms with Crippen molar-refractivity contribution in [3.63, 3.8) is 0 Å². The number of hydrogen-bond acceptors (Lipinski definition) is 2. The van der Waals surface area contributed by atoms with Gasteiger partial charge in [-0.25, -0.2) is 4.57 Å². The Morgan fingerprint density at radius 3 is 1.41 bits per heavy atom. The average Bonchev–Trinajstić information content (AvgIpc) is 3.02. The third kappa shape index (κ3) is 14.1. The first kappa shape index (κ1) is 34.5. The second-order valence-electron chi connectivity index (χ2n) is 12.0. The van der Waals surface area contributed by atoms with Gasteiger partial charge in [-0.1, -0.05) is 114 Å². The molecular formula is C37H58BNO2. The number of aromatic nitrogens is 1. The zero-order valence-electron chi connectivity index (χ0n) is 27.0. The van der Waals surface area contributed by atoms with Crippen LogP contribution >= 0.6 is 0 Å². The van der Waals surface area contributed by atoms with E-state index in [1.165, 1.54) is 107 Å². The Kier molecular flexibility index (Phi) is 17.7. The van der Waals surface area contributed by atoms with E-state index in [4.69, 9.17) is 9.47 Å². The van der Waals surface area contributed by atoms with E-state index in [9.17, 15) is 0 Å². The number of pyridine rings is 1. The lowest BCUT2D eigenvalue weighted by molar-refractivity contribution is -0.697. The number of unbranched alkanes of at least 4 members (excludes halogenated alkanes) is 7. The van der Waals surface area contributed by atoms with Crippen LogP contribution in [0.1, 0.15) is 96.1 Å². The number of methoxy groups -OCH3 is 2. The summed E-state index contributed by atoms with van der Waals surface area (Å²) in [6, 6.07) is 23.7. The predicted molar refractivity (Wildman–Crippen MR) is 179 cm³/mol. The van der Waals surface area contributed by atoms with Gasteiger partial charge in [-0.05, 0) is 30.7 Å². The van der Waals surface area contributed by atoms with Gasteiger partial charge in [0.05, 0.1) is 14.2 Å². The Bertz CT molecular complexity index is 962. The highest BCUT2D eigenvalue weighted by Gasteiger charge is 2.24. The summed E-state index contributed by atoms with van der Waals surface area (Å²) in [5.74, 6) is 1.88. The molecule has 4 heteroatoms. The average molecular weight is 560 g/mol. The summed E-state index contributed by atoms with van der Waals surface area (Å²) in [4.78, 5) is 0. The number of ether oxygens (including phenoxy) is 2. The van der Waals surface area contributed by atoms with Gasteiger partial charge in [-0.3, -0.25) is 0 Å². The van der Waals surface area contributed by atoms with E-state index in [1.807, 2.05) is 0 Å². The van der Waals surface area contributed by atoms with Crippen molar-refractivity contribution >= 4 is 6.15 Å². The maximum atomic E-state index is 5.34. The van der Waals surface area contributed by atoms with Crippen molar-refractivity contribution in [2.45, 2.75) is 117 Å². The van der Waals surface area contributed by atoms with Gasteiger partial charge < -0.3 is 9.47 Å². The van der Waals surface area contributed by atoms with Gasteiger partial charge in [0.15, 0.2) is 12.4 Å². The Morgan fingerprint density at radius 2 is 0.976 bits per heavy atom. The molecule has 3 rings (SSSR count). The monoisotopic (exact) mass is 559 g/mol. The lowest BCUT2D eigenvalue weighted by Crippen LogP contribution is -2.40. The summed E-state index contributed by atoms with van der Waals surface area (Å²) in [6.07, 6.45) is 22.3. The highest BCUT2D eigenvalue weighted by Crippen LogP contribution is 2.31. The third-order valence-electron chi connectivity index (χ3n) is 8.54. The van der Waals surface area contributed by atoms with Crippen LogP contribution in [0.4, 0.5) is 0 Å². The third-order valence-corrected chi connectivity index (χ3v) is 8.54. The molecule has 0 amide bonds. The highest BCUT2D eigenvalue weighted by molar-refractivity contribution is 6.78. The van der Waals surface area contributed by atoms with E-state index in [1.54, 1.807) is 14.2 Å². The van der Waals surface area contributed by atoms with Crippen LogP contribution in [0.5, 0.6) is 11.5 Å². The van der Waals surface area contributed by atoms with Crippen LogP contribution in [-0.2, 0) is 19.2 Å². The lowest BCUT2D eigenvalue weighted by atomic mass is 9.17.